The van der Waals surface area contributed by atoms with E-state index in [1.54, 1.807) is 6.20 Å². The van der Waals surface area contributed by atoms with Crippen LogP contribution in [0.5, 0.6) is 0 Å². The van der Waals surface area contributed by atoms with Crippen LogP contribution in [0.15, 0.2) is 42.6 Å². The molecule has 1 aromatic heterocycles. The van der Waals surface area contributed by atoms with Crippen LogP contribution in [0.1, 0.15) is 24.1 Å². The number of anilines is 1. The van der Waals surface area contributed by atoms with Gasteiger partial charge < -0.3 is 5.32 Å². The van der Waals surface area contributed by atoms with E-state index < -0.39 is 0 Å². The minimum Gasteiger partial charge on any atom is -0.378 e. The zero-order valence-corrected chi connectivity index (χ0v) is 10.7. The van der Waals surface area contributed by atoms with E-state index in [4.69, 9.17) is 11.6 Å². The highest BCUT2D eigenvalue weighted by molar-refractivity contribution is 6.29. The van der Waals surface area contributed by atoms with Crippen molar-refractivity contribution in [3.05, 3.63) is 58.9 Å². The Morgan fingerprint density at radius 3 is 2.53 bits per heavy atom. The lowest BCUT2D eigenvalue weighted by atomic mass is 10.1. The first kappa shape index (κ1) is 11.9. The molecule has 0 aliphatic heterocycles. The summed E-state index contributed by atoms with van der Waals surface area (Å²) in [5, 5.41) is 3.90. The van der Waals surface area contributed by atoms with Crippen LogP contribution in [0.3, 0.4) is 0 Å². The van der Waals surface area contributed by atoms with Crippen LogP contribution in [0.2, 0.25) is 5.15 Å². The van der Waals surface area contributed by atoms with Crippen molar-refractivity contribution in [2.75, 3.05) is 5.32 Å². The molecule has 0 amide bonds. The van der Waals surface area contributed by atoms with Crippen LogP contribution >= 0.6 is 11.6 Å². The summed E-state index contributed by atoms with van der Waals surface area (Å²) < 4.78 is 0. The predicted octanol–water partition coefficient (Wildman–Crippen LogP) is 4.22. The fourth-order valence-corrected chi connectivity index (χ4v) is 1.85. The van der Waals surface area contributed by atoms with Gasteiger partial charge in [-0.25, -0.2) is 4.98 Å². The van der Waals surface area contributed by atoms with Crippen LogP contribution in [0.25, 0.3) is 0 Å². The summed E-state index contributed by atoms with van der Waals surface area (Å²) in [6.45, 7) is 4.21. The van der Waals surface area contributed by atoms with Gasteiger partial charge in [-0.2, -0.15) is 0 Å². The maximum Gasteiger partial charge on any atom is 0.131 e. The second-order valence-corrected chi connectivity index (χ2v) is 4.53. The maximum absolute atomic E-state index is 5.84. The van der Waals surface area contributed by atoms with Gasteiger partial charge in [0.25, 0.3) is 0 Å². The molecule has 2 aromatic rings. The van der Waals surface area contributed by atoms with Crippen molar-refractivity contribution in [3.63, 3.8) is 0 Å². The smallest absolute Gasteiger partial charge is 0.131 e. The molecule has 0 bridgehead atoms. The van der Waals surface area contributed by atoms with Crippen molar-refractivity contribution in [3.8, 4) is 0 Å². The molecule has 3 heteroatoms. The third kappa shape index (κ3) is 3.21. The lowest BCUT2D eigenvalue weighted by molar-refractivity contribution is 0.883. The molecular weight excluding hydrogens is 232 g/mol. The van der Waals surface area contributed by atoms with E-state index in [9.17, 15) is 0 Å². The van der Waals surface area contributed by atoms with Crippen molar-refractivity contribution in [2.24, 2.45) is 0 Å². The Balaban J connectivity index is 2.11. The number of rotatable bonds is 3. The number of nitrogens with zero attached hydrogens (tertiary/aromatic N) is 1. The molecule has 1 unspecified atom stereocenters. The molecule has 2 nitrogen and oxygen atoms in total. The summed E-state index contributed by atoms with van der Waals surface area (Å²) in [7, 11) is 0. The van der Waals surface area contributed by atoms with Gasteiger partial charge in [0.15, 0.2) is 0 Å². The Hall–Kier alpha value is -1.54. The van der Waals surface area contributed by atoms with Gasteiger partial charge >= 0.3 is 0 Å². The summed E-state index contributed by atoms with van der Waals surface area (Å²) in [6.07, 6.45) is 1.70. The first-order valence-corrected chi connectivity index (χ1v) is 5.97. The van der Waals surface area contributed by atoms with Crippen LogP contribution in [0.4, 0.5) is 5.69 Å². The summed E-state index contributed by atoms with van der Waals surface area (Å²) in [5.41, 5.74) is 3.51. The first-order valence-electron chi connectivity index (χ1n) is 5.60. The van der Waals surface area contributed by atoms with E-state index >= 15 is 0 Å². The van der Waals surface area contributed by atoms with E-state index in [0.717, 1.165) is 5.69 Å². The fourth-order valence-electron chi connectivity index (χ4n) is 1.68. The van der Waals surface area contributed by atoms with Crippen LogP contribution in [-0.4, -0.2) is 4.98 Å². The van der Waals surface area contributed by atoms with Gasteiger partial charge in [0.2, 0.25) is 0 Å². The molecule has 0 fully saturated rings. The fraction of sp³-hybridized carbons (Fsp3) is 0.214. The number of hydrogen-bond acceptors (Lipinski definition) is 2. The SMILES string of the molecule is Cc1ccc(C(C)Nc2ccnc(Cl)c2)cc1. The van der Waals surface area contributed by atoms with E-state index in [1.807, 2.05) is 12.1 Å². The maximum atomic E-state index is 5.84. The molecule has 0 aliphatic carbocycles. The topological polar surface area (TPSA) is 24.9 Å². The summed E-state index contributed by atoms with van der Waals surface area (Å²) in [4.78, 5) is 3.96. The third-order valence-corrected chi connectivity index (χ3v) is 2.89. The molecule has 17 heavy (non-hydrogen) atoms. The van der Waals surface area contributed by atoms with Crippen molar-refractivity contribution in [1.29, 1.82) is 0 Å². The van der Waals surface area contributed by atoms with Gasteiger partial charge in [0.1, 0.15) is 5.15 Å². The van der Waals surface area contributed by atoms with Crippen molar-refractivity contribution in [2.45, 2.75) is 19.9 Å². The van der Waals surface area contributed by atoms with Crippen molar-refractivity contribution >= 4 is 17.3 Å². The minimum atomic E-state index is 0.245. The number of aryl methyl sites for hydroxylation is 1. The molecule has 1 aromatic carbocycles. The molecule has 88 valence electrons. The number of hydrogen-bond donors (Lipinski definition) is 1. The molecule has 0 spiro atoms. The minimum absolute atomic E-state index is 0.245. The van der Waals surface area contributed by atoms with Gasteiger partial charge in [0, 0.05) is 17.9 Å². The second-order valence-electron chi connectivity index (χ2n) is 4.14. The zero-order valence-electron chi connectivity index (χ0n) is 9.94. The van der Waals surface area contributed by atoms with Crippen molar-refractivity contribution < 1.29 is 0 Å². The standard InChI is InChI=1S/C14H15ClN2/c1-10-3-5-12(6-4-10)11(2)17-13-7-8-16-14(15)9-13/h3-9,11H,1-2H3,(H,16,17). The Labute approximate surface area is 107 Å². The van der Waals surface area contributed by atoms with Crippen molar-refractivity contribution in [1.82, 2.24) is 4.98 Å². The molecule has 0 saturated carbocycles. The molecule has 2 rings (SSSR count). The molecule has 1 N–H and O–H groups in total. The monoisotopic (exact) mass is 246 g/mol. The number of halogens is 1. The summed E-state index contributed by atoms with van der Waals surface area (Å²) in [5.74, 6) is 0. The van der Waals surface area contributed by atoms with Gasteiger partial charge in [-0.05, 0) is 31.5 Å². The van der Waals surface area contributed by atoms with Gasteiger partial charge in [0.05, 0.1) is 0 Å². The molecule has 0 saturated heterocycles. The average molecular weight is 247 g/mol. The zero-order chi connectivity index (χ0) is 12.3. The Kier molecular flexibility index (Phi) is 3.64. The lowest BCUT2D eigenvalue weighted by Gasteiger charge is -2.15. The summed E-state index contributed by atoms with van der Waals surface area (Å²) in [6, 6.07) is 12.5. The predicted molar refractivity (Wildman–Crippen MR) is 72.5 cm³/mol. The Morgan fingerprint density at radius 2 is 1.88 bits per heavy atom. The highest BCUT2D eigenvalue weighted by Gasteiger charge is 2.05. The Bertz CT molecular complexity index is 494. The van der Waals surface area contributed by atoms with Crippen LogP contribution < -0.4 is 5.32 Å². The highest BCUT2D eigenvalue weighted by atomic mass is 35.5. The highest BCUT2D eigenvalue weighted by Crippen LogP contribution is 2.20. The van der Waals surface area contributed by atoms with E-state index in [1.165, 1.54) is 11.1 Å². The second kappa shape index (κ2) is 5.19. The van der Waals surface area contributed by atoms with E-state index in [2.05, 4.69) is 48.4 Å². The number of pyridine rings is 1. The first-order chi connectivity index (χ1) is 8.15. The van der Waals surface area contributed by atoms with Crippen LogP contribution in [0, 0.1) is 6.92 Å². The molecule has 1 atom stereocenters. The molecule has 1 heterocycles. The van der Waals surface area contributed by atoms with Gasteiger partial charge in [-0.3, -0.25) is 0 Å². The lowest BCUT2D eigenvalue weighted by Crippen LogP contribution is -2.06. The summed E-state index contributed by atoms with van der Waals surface area (Å²) >= 11 is 5.84. The quantitative estimate of drug-likeness (QED) is 0.821. The van der Waals surface area contributed by atoms with Gasteiger partial charge in [-0.1, -0.05) is 41.4 Å². The number of nitrogens with one attached hydrogen (secondary N) is 1. The van der Waals surface area contributed by atoms with E-state index in [0.29, 0.717) is 5.15 Å². The van der Waals surface area contributed by atoms with Crippen LogP contribution in [-0.2, 0) is 0 Å². The number of benzene rings is 1. The molecule has 0 aliphatic rings. The van der Waals surface area contributed by atoms with E-state index in [-0.39, 0.29) is 6.04 Å². The number of aromatic nitrogens is 1. The average Bonchev–Trinajstić information content (AvgIpc) is 2.29. The molecule has 0 radical (unpaired) electrons. The molecular formula is C14H15ClN2. The Morgan fingerprint density at radius 1 is 1.18 bits per heavy atom. The van der Waals surface area contributed by atoms with Gasteiger partial charge in [-0.15, -0.1) is 0 Å². The normalized spacial score (nSPS) is 12.2. The largest absolute Gasteiger partial charge is 0.378 e. The third-order valence-electron chi connectivity index (χ3n) is 2.69.